The number of hydrogen-bond donors (Lipinski definition) is 1. The van der Waals surface area contributed by atoms with Gasteiger partial charge in [-0.2, -0.15) is 0 Å². The van der Waals surface area contributed by atoms with Crippen LogP contribution in [0.3, 0.4) is 0 Å². The van der Waals surface area contributed by atoms with Gasteiger partial charge in [-0.25, -0.2) is 17.1 Å². The minimum Gasteiger partial charge on any atom is -0.352 e. The molecule has 0 unspecified atom stereocenters. The molecule has 2 aromatic carbocycles. The van der Waals surface area contributed by atoms with Gasteiger partial charge < -0.3 is 10.2 Å². The monoisotopic (exact) mass is 501 g/mol. The highest BCUT2D eigenvalue weighted by atomic mass is 32.2. The smallest absolute Gasteiger partial charge is 0.269 e. The maximum Gasteiger partial charge on any atom is 0.269 e. The van der Waals surface area contributed by atoms with Crippen LogP contribution in [0.4, 0.5) is 4.39 Å². The molecule has 186 valence electrons. The Bertz CT molecular complexity index is 1230. The molecule has 1 saturated carbocycles. The number of fused-ring (bicyclic) bond motifs is 1. The van der Waals surface area contributed by atoms with Crippen molar-refractivity contribution in [3.05, 3.63) is 65.5 Å². The predicted octanol–water partition coefficient (Wildman–Crippen LogP) is 2.84. The van der Waals surface area contributed by atoms with E-state index >= 15 is 0 Å². The van der Waals surface area contributed by atoms with E-state index in [1.54, 1.807) is 13.0 Å². The van der Waals surface area contributed by atoms with Crippen molar-refractivity contribution in [2.24, 2.45) is 0 Å². The molecule has 0 radical (unpaired) electrons. The summed E-state index contributed by atoms with van der Waals surface area (Å²) in [7, 11) is -4.19. The molecule has 2 aliphatic rings. The van der Waals surface area contributed by atoms with Crippen LogP contribution < -0.4 is 5.32 Å². The summed E-state index contributed by atoms with van der Waals surface area (Å²) in [4.78, 5) is 40.6. The van der Waals surface area contributed by atoms with Crippen molar-refractivity contribution in [3.63, 3.8) is 0 Å². The zero-order chi connectivity index (χ0) is 25.2. The molecule has 1 fully saturated rings. The van der Waals surface area contributed by atoms with E-state index in [2.05, 4.69) is 5.32 Å². The third kappa shape index (κ3) is 5.07. The summed E-state index contributed by atoms with van der Waals surface area (Å²) in [6.45, 7) is 0.992. The molecule has 1 heterocycles. The number of nitrogens with zero attached hydrogens (tertiary/aromatic N) is 2. The Morgan fingerprint density at radius 1 is 1.11 bits per heavy atom. The zero-order valence-electron chi connectivity index (χ0n) is 19.4. The summed E-state index contributed by atoms with van der Waals surface area (Å²) in [6, 6.07) is 10.5. The number of carbonyl (C=O) groups excluding carboxylic acids is 3. The van der Waals surface area contributed by atoms with E-state index in [4.69, 9.17) is 0 Å². The SMILES string of the molecule is CC[C@H](C(=O)NC1CCCC1)N(Cc1ccc(F)cc1)C(=O)CN1C(=O)c2ccccc2S1(=O)=O. The summed E-state index contributed by atoms with van der Waals surface area (Å²) < 4.78 is 39.9. The summed E-state index contributed by atoms with van der Waals surface area (Å²) in [5.41, 5.74) is 0.585. The van der Waals surface area contributed by atoms with Gasteiger partial charge in [-0.05, 0) is 49.1 Å². The standard InChI is InChI=1S/C25H28FN3O5S/c1-2-21(24(31)27-19-7-3-4-8-19)28(15-17-11-13-18(26)14-12-17)23(30)16-29-25(32)20-9-5-6-10-22(20)35(29,33)34/h5-6,9-14,19,21H,2-4,7-8,15-16H2,1H3,(H,27,31)/t21-/m1/s1. The molecule has 1 aliphatic heterocycles. The summed E-state index contributed by atoms with van der Waals surface area (Å²) in [5.74, 6) is -2.23. The average molecular weight is 502 g/mol. The molecule has 3 amide bonds. The maximum atomic E-state index is 13.5. The number of nitrogens with one attached hydrogen (secondary N) is 1. The van der Waals surface area contributed by atoms with Crippen molar-refractivity contribution in [1.82, 2.24) is 14.5 Å². The van der Waals surface area contributed by atoms with Crippen molar-refractivity contribution in [1.29, 1.82) is 0 Å². The first-order chi connectivity index (χ1) is 16.7. The van der Waals surface area contributed by atoms with E-state index in [1.165, 1.54) is 47.4 Å². The van der Waals surface area contributed by atoms with Gasteiger partial charge in [-0.3, -0.25) is 14.4 Å². The summed E-state index contributed by atoms with van der Waals surface area (Å²) in [5, 5.41) is 3.00. The fourth-order valence-electron chi connectivity index (χ4n) is 4.67. The van der Waals surface area contributed by atoms with Crippen LogP contribution in [-0.4, -0.2) is 54.0 Å². The van der Waals surface area contributed by atoms with Crippen LogP contribution in [0.5, 0.6) is 0 Å². The zero-order valence-corrected chi connectivity index (χ0v) is 20.3. The first-order valence-corrected chi connectivity index (χ1v) is 13.2. The lowest BCUT2D eigenvalue weighted by Gasteiger charge is -2.32. The van der Waals surface area contributed by atoms with Gasteiger partial charge in [-0.15, -0.1) is 0 Å². The summed E-state index contributed by atoms with van der Waals surface area (Å²) in [6.07, 6.45) is 4.07. The van der Waals surface area contributed by atoms with Gasteiger partial charge in [0.05, 0.1) is 5.56 Å². The lowest BCUT2D eigenvalue weighted by atomic mass is 10.1. The van der Waals surface area contributed by atoms with Gasteiger partial charge >= 0.3 is 0 Å². The molecular formula is C25H28FN3O5S. The Morgan fingerprint density at radius 2 is 1.77 bits per heavy atom. The molecule has 10 heteroatoms. The molecule has 0 saturated heterocycles. The largest absolute Gasteiger partial charge is 0.352 e. The Morgan fingerprint density at radius 3 is 2.40 bits per heavy atom. The highest BCUT2D eigenvalue weighted by Crippen LogP contribution is 2.30. The second kappa shape index (κ2) is 10.2. The predicted molar refractivity (Wildman–Crippen MR) is 126 cm³/mol. The number of rotatable bonds is 8. The molecule has 1 aliphatic carbocycles. The van der Waals surface area contributed by atoms with E-state index in [-0.39, 0.29) is 35.4 Å². The number of benzene rings is 2. The number of carbonyl (C=O) groups is 3. The highest BCUT2D eigenvalue weighted by molar-refractivity contribution is 7.90. The van der Waals surface area contributed by atoms with Crippen molar-refractivity contribution in [3.8, 4) is 0 Å². The average Bonchev–Trinajstić information content (AvgIpc) is 3.41. The van der Waals surface area contributed by atoms with Crippen LogP contribution in [0, 0.1) is 5.82 Å². The van der Waals surface area contributed by atoms with Crippen LogP contribution in [0.2, 0.25) is 0 Å². The molecule has 0 bridgehead atoms. The van der Waals surface area contributed by atoms with Crippen molar-refractivity contribution in [2.75, 3.05) is 6.54 Å². The fraction of sp³-hybridized carbons (Fsp3) is 0.400. The third-order valence-corrected chi connectivity index (χ3v) is 8.33. The maximum absolute atomic E-state index is 13.5. The molecule has 1 N–H and O–H groups in total. The molecule has 0 aromatic heterocycles. The highest BCUT2D eigenvalue weighted by Gasteiger charge is 2.43. The normalized spacial score (nSPS) is 17.8. The van der Waals surface area contributed by atoms with E-state index < -0.39 is 40.2 Å². The van der Waals surface area contributed by atoms with Crippen LogP contribution in [0.25, 0.3) is 0 Å². The van der Waals surface area contributed by atoms with Crippen LogP contribution in [0.15, 0.2) is 53.4 Å². The topological polar surface area (TPSA) is 104 Å². The van der Waals surface area contributed by atoms with Crippen molar-refractivity contribution < 1.29 is 27.2 Å². The van der Waals surface area contributed by atoms with E-state index in [9.17, 15) is 27.2 Å². The second-order valence-electron chi connectivity index (χ2n) is 8.88. The Balaban J connectivity index is 1.60. The lowest BCUT2D eigenvalue weighted by molar-refractivity contribution is -0.141. The van der Waals surface area contributed by atoms with Crippen LogP contribution >= 0.6 is 0 Å². The van der Waals surface area contributed by atoms with Gasteiger partial charge in [0.25, 0.3) is 15.9 Å². The second-order valence-corrected chi connectivity index (χ2v) is 10.7. The summed E-state index contributed by atoms with van der Waals surface area (Å²) >= 11 is 0. The van der Waals surface area contributed by atoms with E-state index in [1.807, 2.05) is 0 Å². The van der Waals surface area contributed by atoms with E-state index in [0.29, 0.717) is 9.87 Å². The Hall–Kier alpha value is -3.27. The molecule has 2 aromatic rings. The fourth-order valence-corrected chi connectivity index (χ4v) is 6.19. The number of hydrogen-bond acceptors (Lipinski definition) is 5. The number of halogens is 1. The van der Waals surface area contributed by atoms with Gasteiger partial charge in [0.1, 0.15) is 23.3 Å². The van der Waals surface area contributed by atoms with Crippen LogP contribution in [0.1, 0.15) is 54.9 Å². The minimum absolute atomic E-state index is 0.0106. The molecule has 4 rings (SSSR count). The Labute approximate surface area is 204 Å². The Kier molecular flexibility index (Phi) is 7.20. The van der Waals surface area contributed by atoms with Gasteiger partial charge in [0.2, 0.25) is 11.8 Å². The van der Waals surface area contributed by atoms with Gasteiger partial charge in [0.15, 0.2) is 0 Å². The third-order valence-electron chi connectivity index (χ3n) is 6.54. The molecular weight excluding hydrogens is 473 g/mol. The molecule has 8 nitrogen and oxygen atoms in total. The van der Waals surface area contributed by atoms with Crippen molar-refractivity contribution >= 4 is 27.7 Å². The number of sulfonamides is 1. The first kappa shape index (κ1) is 24.8. The van der Waals surface area contributed by atoms with Crippen molar-refractivity contribution in [2.45, 2.75) is 62.6 Å². The first-order valence-electron chi connectivity index (χ1n) is 11.7. The van der Waals surface area contributed by atoms with E-state index in [0.717, 1.165) is 25.7 Å². The molecule has 35 heavy (non-hydrogen) atoms. The molecule has 1 atom stereocenters. The quantitative estimate of drug-likeness (QED) is 0.599. The minimum atomic E-state index is -4.19. The van der Waals surface area contributed by atoms with Crippen LogP contribution in [-0.2, 0) is 26.2 Å². The lowest BCUT2D eigenvalue weighted by Crippen LogP contribution is -2.53. The number of amides is 3. The molecule has 0 spiro atoms. The van der Waals surface area contributed by atoms with Gasteiger partial charge in [-0.1, -0.05) is 44.0 Å². The van der Waals surface area contributed by atoms with Gasteiger partial charge in [0, 0.05) is 12.6 Å².